The van der Waals surface area contributed by atoms with Crippen LogP contribution in [0.3, 0.4) is 0 Å². The molecular formula is C26H29N5O4S. The van der Waals surface area contributed by atoms with Crippen LogP contribution >= 0.6 is 11.3 Å². The lowest BCUT2D eigenvalue weighted by Crippen LogP contribution is -2.34. The van der Waals surface area contributed by atoms with Crippen molar-refractivity contribution in [1.82, 2.24) is 9.88 Å². The Bertz CT molecular complexity index is 1240. The van der Waals surface area contributed by atoms with E-state index in [0.717, 1.165) is 26.7 Å². The van der Waals surface area contributed by atoms with E-state index in [9.17, 15) is 14.4 Å². The third-order valence-electron chi connectivity index (χ3n) is 6.06. The van der Waals surface area contributed by atoms with Crippen molar-refractivity contribution in [1.29, 1.82) is 0 Å². The number of para-hydroxylation sites is 1. The molecule has 188 valence electrons. The number of nitrogens with zero attached hydrogens (tertiary/aromatic N) is 2. The Morgan fingerprint density at radius 1 is 1.14 bits per heavy atom. The summed E-state index contributed by atoms with van der Waals surface area (Å²) in [6.07, 6.45) is 2.99. The van der Waals surface area contributed by atoms with Crippen LogP contribution in [0.4, 0.5) is 16.2 Å². The number of nitrogens with one attached hydrogen (secondary N) is 2. The first kappa shape index (κ1) is 25.3. The summed E-state index contributed by atoms with van der Waals surface area (Å²) in [6.45, 7) is 2.37. The van der Waals surface area contributed by atoms with Crippen molar-refractivity contribution in [2.45, 2.75) is 44.7 Å². The maximum Gasteiger partial charge on any atom is 0.323 e. The van der Waals surface area contributed by atoms with Gasteiger partial charge in [0.2, 0.25) is 5.91 Å². The Labute approximate surface area is 213 Å². The van der Waals surface area contributed by atoms with Crippen LogP contribution in [0.5, 0.6) is 0 Å². The van der Waals surface area contributed by atoms with Gasteiger partial charge >= 0.3 is 12.0 Å². The van der Waals surface area contributed by atoms with Crippen molar-refractivity contribution in [3.05, 3.63) is 75.7 Å². The van der Waals surface area contributed by atoms with Gasteiger partial charge in [0.1, 0.15) is 5.01 Å². The molecule has 9 nitrogen and oxygen atoms in total. The quantitative estimate of drug-likeness (QED) is 0.364. The van der Waals surface area contributed by atoms with Gasteiger partial charge in [0.05, 0.1) is 18.9 Å². The molecular weight excluding hydrogens is 478 g/mol. The van der Waals surface area contributed by atoms with Crippen LogP contribution in [0.15, 0.2) is 54.7 Å². The summed E-state index contributed by atoms with van der Waals surface area (Å²) in [4.78, 5) is 43.4. The predicted molar refractivity (Wildman–Crippen MR) is 139 cm³/mol. The number of benzene rings is 2. The predicted octanol–water partition coefficient (Wildman–Crippen LogP) is 3.96. The first-order valence-electron chi connectivity index (χ1n) is 11.7. The minimum absolute atomic E-state index is 0.0479. The van der Waals surface area contributed by atoms with Crippen LogP contribution in [0, 0.1) is 6.92 Å². The lowest BCUT2D eigenvalue weighted by atomic mass is 10.1. The molecule has 0 saturated carbocycles. The number of carboxylic acid groups (broad SMARTS) is 1. The fourth-order valence-corrected chi connectivity index (χ4v) is 5.22. The van der Waals surface area contributed by atoms with Gasteiger partial charge in [0, 0.05) is 35.0 Å². The molecule has 0 spiro atoms. The van der Waals surface area contributed by atoms with Gasteiger partial charge in [-0.05, 0) is 49.1 Å². The van der Waals surface area contributed by atoms with E-state index in [1.54, 1.807) is 23.2 Å². The van der Waals surface area contributed by atoms with Crippen molar-refractivity contribution >= 4 is 40.6 Å². The standard InChI is InChI=1S/C26H29N5O4S/c1-16-4-2-3-5-21(16)30-26(35)29-19-8-6-17(7-9-19)12-23(32)31-15-18(27)13-22(31)25-28-14-20(36-25)10-11-24(33)34/h2-9,14,18,22H,10-13,15,27H2,1H3,(H,33,34)(H2,29,30,35). The van der Waals surface area contributed by atoms with Crippen LogP contribution in [0.1, 0.15) is 39.9 Å². The summed E-state index contributed by atoms with van der Waals surface area (Å²) >= 11 is 1.44. The number of carboxylic acids is 1. The second-order valence-corrected chi connectivity index (χ2v) is 10.0. The van der Waals surface area contributed by atoms with Gasteiger partial charge in [-0.3, -0.25) is 9.59 Å². The van der Waals surface area contributed by atoms with Crippen LogP contribution < -0.4 is 16.4 Å². The normalized spacial score (nSPS) is 17.1. The zero-order chi connectivity index (χ0) is 25.7. The van der Waals surface area contributed by atoms with E-state index >= 15 is 0 Å². The Hall–Kier alpha value is -3.76. The third kappa shape index (κ3) is 6.46. The largest absolute Gasteiger partial charge is 0.481 e. The summed E-state index contributed by atoms with van der Waals surface area (Å²) in [5, 5.41) is 15.3. The van der Waals surface area contributed by atoms with Crippen LogP contribution in [-0.2, 0) is 22.4 Å². The second-order valence-electron chi connectivity index (χ2n) is 8.88. The number of hydrogen-bond acceptors (Lipinski definition) is 6. The molecule has 4 rings (SSSR count). The smallest absolute Gasteiger partial charge is 0.323 e. The van der Waals surface area contributed by atoms with E-state index in [2.05, 4.69) is 15.6 Å². The Morgan fingerprint density at radius 3 is 2.61 bits per heavy atom. The van der Waals surface area contributed by atoms with E-state index in [4.69, 9.17) is 10.8 Å². The Kier molecular flexibility index (Phi) is 7.97. The molecule has 1 fully saturated rings. The van der Waals surface area contributed by atoms with Gasteiger partial charge in [0.25, 0.3) is 0 Å². The molecule has 0 aliphatic carbocycles. The molecule has 1 saturated heterocycles. The molecule has 0 radical (unpaired) electrons. The molecule has 10 heteroatoms. The van der Waals surface area contributed by atoms with Crippen molar-refractivity contribution in [2.24, 2.45) is 5.73 Å². The van der Waals surface area contributed by atoms with Gasteiger partial charge in [-0.2, -0.15) is 0 Å². The highest BCUT2D eigenvalue weighted by Gasteiger charge is 2.36. The van der Waals surface area contributed by atoms with Crippen molar-refractivity contribution in [3.63, 3.8) is 0 Å². The lowest BCUT2D eigenvalue weighted by Gasteiger charge is -2.23. The first-order valence-corrected chi connectivity index (χ1v) is 12.5. The summed E-state index contributed by atoms with van der Waals surface area (Å²) < 4.78 is 0. The van der Waals surface area contributed by atoms with Gasteiger partial charge in [0.15, 0.2) is 0 Å². The van der Waals surface area contributed by atoms with E-state index in [1.807, 2.05) is 43.3 Å². The zero-order valence-corrected chi connectivity index (χ0v) is 20.8. The van der Waals surface area contributed by atoms with E-state index < -0.39 is 5.97 Å². The molecule has 2 unspecified atom stereocenters. The molecule has 3 aromatic rings. The molecule has 2 heterocycles. The number of aliphatic carboxylic acids is 1. The second kappa shape index (κ2) is 11.3. The van der Waals surface area contributed by atoms with Gasteiger partial charge in [-0.25, -0.2) is 9.78 Å². The number of aromatic nitrogens is 1. The average molecular weight is 508 g/mol. The average Bonchev–Trinajstić information content (AvgIpc) is 3.47. The molecule has 1 aliphatic rings. The van der Waals surface area contributed by atoms with Crippen LogP contribution in [-0.4, -0.2) is 45.5 Å². The summed E-state index contributed by atoms with van der Waals surface area (Å²) in [7, 11) is 0. The lowest BCUT2D eigenvalue weighted by molar-refractivity contribution is -0.137. The number of anilines is 2. The van der Waals surface area contributed by atoms with Crippen LogP contribution in [0.25, 0.3) is 0 Å². The minimum Gasteiger partial charge on any atom is -0.481 e. The monoisotopic (exact) mass is 507 g/mol. The van der Waals surface area contributed by atoms with Crippen molar-refractivity contribution < 1.29 is 19.5 Å². The van der Waals surface area contributed by atoms with Crippen LogP contribution in [0.2, 0.25) is 0 Å². The van der Waals surface area contributed by atoms with Gasteiger partial charge < -0.3 is 26.4 Å². The molecule has 1 aliphatic heterocycles. The Balaban J connectivity index is 1.35. The molecule has 2 atom stereocenters. The number of hydrogen-bond donors (Lipinski definition) is 4. The molecule has 36 heavy (non-hydrogen) atoms. The number of nitrogens with two attached hydrogens (primary N) is 1. The number of thiazole rings is 1. The SMILES string of the molecule is Cc1ccccc1NC(=O)Nc1ccc(CC(=O)N2CC(N)CC2c2ncc(CCC(=O)O)s2)cc1. The van der Waals surface area contributed by atoms with E-state index in [-0.39, 0.29) is 36.9 Å². The third-order valence-corrected chi connectivity index (χ3v) is 7.21. The minimum atomic E-state index is -0.849. The number of carbonyl (C=O) groups excluding carboxylic acids is 2. The number of carbonyl (C=O) groups is 3. The molecule has 3 amide bonds. The summed E-state index contributed by atoms with van der Waals surface area (Å²) in [5.74, 6) is -0.897. The molecule has 0 bridgehead atoms. The first-order chi connectivity index (χ1) is 17.3. The van der Waals surface area contributed by atoms with Gasteiger partial charge in [-0.15, -0.1) is 11.3 Å². The number of likely N-dealkylation sites (tertiary alicyclic amines) is 1. The highest BCUT2D eigenvalue weighted by molar-refractivity contribution is 7.11. The maximum atomic E-state index is 13.2. The number of rotatable bonds is 8. The number of urea groups is 1. The molecule has 1 aromatic heterocycles. The fraction of sp³-hybridized carbons (Fsp3) is 0.308. The van der Waals surface area contributed by atoms with E-state index in [1.165, 1.54) is 11.3 Å². The fourth-order valence-electron chi connectivity index (χ4n) is 4.18. The topological polar surface area (TPSA) is 138 Å². The Morgan fingerprint density at radius 2 is 1.89 bits per heavy atom. The highest BCUT2D eigenvalue weighted by atomic mass is 32.1. The van der Waals surface area contributed by atoms with E-state index in [0.29, 0.717) is 25.1 Å². The van der Waals surface area contributed by atoms with Gasteiger partial charge in [-0.1, -0.05) is 30.3 Å². The summed E-state index contributed by atoms with van der Waals surface area (Å²) in [6, 6.07) is 14.0. The highest BCUT2D eigenvalue weighted by Crippen LogP contribution is 2.34. The number of amides is 3. The summed E-state index contributed by atoms with van der Waals surface area (Å²) in [5.41, 5.74) is 9.33. The molecule has 2 aromatic carbocycles. The zero-order valence-electron chi connectivity index (χ0n) is 19.9. The van der Waals surface area contributed by atoms with Crippen molar-refractivity contribution in [2.75, 3.05) is 17.2 Å². The van der Waals surface area contributed by atoms with Crippen molar-refractivity contribution in [3.8, 4) is 0 Å². The molecule has 5 N–H and O–H groups in total. The maximum absolute atomic E-state index is 13.2. The number of aryl methyl sites for hydroxylation is 2.